The van der Waals surface area contributed by atoms with Gasteiger partial charge in [-0.3, -0.25) is 9.13 Å². The van der Waals surface area contributed by atoms with Crippen molar-refractivity contribution in [2.75, 3.05) is 24.3 Å². The number of hydrogen-bond donors (Lipinski definition) is 2. The van der Waals surface area contributed by atoms with Gasteiger partial charge in [0.15, 0.2) is 5.76 Å². The number of ether oxygens (including phenoxy) is 1. The van der Waals surface area contributed by atoms with Crippen molar-refractivity contribution in [3.8, 4) is 17.1 Å². The van der Waals surface area contributed by atoms with Crippen LogP contribution in [0.4, 0.5) is 30.5 Å². The van der Waals surface area contributed by atoms with Crippen molar-refractivity contribution in [1.82, 2.24) is 24.3 Å². The van der Waals surface area contributed by atoms with Crippen LogP contribution < -0.4 is 26.7 Å². The number of aromatic nitrogens is 5. The maximum atomic E-state index is 14.2. The van der Waals surface area contributed by atoms with Crippen LogP contribution in [0.25, 0.3) is 33.2 Å². The Kier molecular flexibility index (Phi) is 9.55. The summed E-state index contributed by atoms with van der Waals surface area (Å²) in [6.07, 6.45) is -3.95. The zero-order valence-corrected chi connectivity index (χ0v) is 32.3. The third-order valence-electron chi connectivity index (χ3n) is 10.2. The Morgan fingerprint density at radius 2 is 1.61 bits per heavy atom. The summed E-state index contributed by atoms with van der Waals surface area (Å²) in [5.74, 6) is 1.17. The van der Waals surface area contributed by atoms with Gasteiger partial charge in [0.2, 0.25) is 0 Å². The molecule has 11 nitrogen and oxygen atoms in total. The van der Waals surface area contributed by atoms with Crippen LogP contribution in [0.1, 0.15) is 60.2 Å². The van der Waals surface area contributed by atoms with Crippen LogP contribution in [0.15, 0.2) is 93.0 Å². The molecule has 57 heavy (non-hydrogen) atoms. The lowest BCUT2D eigenvalue weighted by Crippen LogP contribution is -2.25. The van der Waals surface area contributed by atoms with Gasteiger partial charge >= 0.3 is 17.6 Å². The minimum absolute atomic E-state index is 0.00630. The van der Waals surface area contributed by atoms with Gasteiger partial charge in [-0.15, -0.1) is 0 Å². The average molecular weight is 796 g/mol. The Bertz CT molecular complexity index is 2810. The summed E-state index contributed by atoms with van der Waals surface area (Å²) < 4.78 is 56.1. The molecule has 0 aliphatic heterocycles. The molecule has 0 saturated heterocycles. The first kappa shape index (κ1) is 37.8. The van der Waals surface area contributed by atoms with Gasteiger partial charge in [0.25, 0.3) is 0 Å². The molecule has 1 aliphatic rings. The Hall–Kier alpha value is -6.15. The van der Waals surface area contributed by atoms with Crippen LogP contribution in [0, 0.1) is 19.8 Å². The van der Waals surface area contributed by atoms with Crippen LogP contribution in [0.2, 0.25) is 5.02 Å². The molecule has 0 spiro atoms. The predicted octanol–water partition coefficient (Wildman–Crippen LogP) is 9.45. The predicted molar refractivity (Wildman–Crippen MR) is 214 cm³/mol. The lowest BCUT2D eigenvalue weighted by molar-refractivity contribution is -0.137. The van der Waals surface area contributed by atoms with Crippen molar-refractivity contribution in [2.45, 2.75) is 52.1 Å². The number of nitrogens with one attached hydrogen (secondary N) is 2. The molecule has 15 heteroatoms. The molecule has 2 atom stereocenters. The lowest BCUT2D eigenvalue weighted by Gasteiger charge is -2.19. The van der Waals surface area contributed by atoms with Crippen LogP contribution >= 0.6 is 11.6 Å². The number of alkyl halides is 3. The van der Waals surface area contributed by atoms with Gasteiger partial charge in [0.05, 0.1) is 45.5 Å². The number of aryl methyl sites for hydroxylation is 2. The second-order valence-electron chi connectivity index (χ2n) is 14.6. The smallest absolute Gasteiger partial charge is 0.416 e. The van der Waals surface area contributed by atoms with Gasteiger partial charge in [-0.05, 0) is 97.7 Å². The molecule has 7 aromatic rings. The van der Waals surface area contributed by atoms with Crippen molar-refractivity contribution in [3.63, 3.8) is 0 Å². The quantitative estimate of drug-likeness (QED) is 0.139. The van der Waals surface area contributed by atoms with Gasteiger partial charge in [0, 0.05) is 11.9 Å². The topological polar surface area (TPSA) is 129 Å². The van der Waals surface area contributed by atoms with E-state index >= 15 is 0 Å². The molecule has 4 aromatic carbocycles. The molecular formula is C42H37ClF3N7O4. The van der Waals surface area contributed by atoms with Crippen LogP contribution in [0.5, 0.6) is 5.75 Å². The first-order chi connectivity index (χ1) is 27.2. The van der Waals surface area contributed by atoms with E-state index in [1.54, 1.807) is 50.2 Å². The van der Waals surface area contributed by atoms with Gasteiger partial charge in [-0.1, -0.05) is 60.9 Å². The van der Waals surface area contributed by atoms with Crippen LogP contribution in [-0.4, -0.2) is 37.9 Å². The van der Waals surface area contributed by atoms with E-state index in [0.717, 1.165) is 29.7 Å². The van der Waals surface area contributed by atoms with Crippen LogP contribution in [0.3, 0.4) is 0 Å². The van der Waals surface area contributed by atoms with E-state index in [1.165, 1.54) is 16.2 Å². The van der Waals surface area contributed by atoms with E-state index in [1.807, 2.05) is 44.2 Å². The first-order valence-corrected chi connectivity index (χ1v) is 18.7. The lowest BCUT2D eigenvalue weighted by atomic mass is 10.0. The van der Waals surface area contributed by atoms with E-state index in [-0.39, 0.29) is 40.2 Å². The molecule has 3 heterocycles. The third-order valence-corrected chi connectivity index (χ3v) is 10.6. The van der Waals surface area contributed by atoms with Crippen molar-refractivity contribution in [3.05, 3.63) is 133 Å². The van der Waals surface area contributed by atoms with E-state index in [2.05, 4.69) is 25.8 Å². The number of hydrogen-bond acceptors (Lipinski definition) is 9. The highest BCUT2D eigenvalue weighted by molar-refractivity contribution is 6.32. The number of rotatable bonds is 10. The van der Waals surface area contributed by atoms with Crippen molar-refractivity contribution in [2.24, 2.45) is 5.92 Å². The molecule has 1 aliphatic carbocycles. The second-order valence-corrected chi connectivity index (χ2v) is 15.0. The van der Waals surface area contributed by atoms with E-state index in [0.29, 0.717) is 56.8 Å². The number of fused-ring (bicyclic) bond motifs is 2. The molecule has 2 N–H and O–H groups in total. The normalized spacial score (nSPS) is 15.4. The van der Waals surface area contributed by atoms with Gasteiger partial charge in [0.1, 0.15) is 28.8 Å². The van der Waals surface area contributed by atoms with Gasteiger partial charge < -0.3 is 19.9 Å². The zero-order valence-electron chi connectivity index (χ0n) is 31.5. The molecule has 1 saturated carbocycles. The van der Waals surface area contributed by atoms with Crippen molar-refractivity contribution >= 4 is 50.7 Å². The van der Waals surface area contributed by atoms with Crippen LogP contribution in [-0.2, 0) is 6.18 Å². The SMILES string of the molecule is COc1cc(C(F)(F)F)cc2c1c(NCC(C)C)nc(=O)n2-c1cccc(C2CC2c2ccc3c(Nc4c(C)noc4C)nc(=O)n(-c4ccccc4Cl)c3c2)c1. The fourth-order valence-electron chi connectivity index (χ4n) is 7.36. The third kappa shape index (κ3) is 6.98. The van der Waals surface area contributed by atoms with E-state index in [9.17, 15) is 22.8 Å². The Morgan fingerprint density at radius 3 is 2.30 bits per heavy atom. The number of methoxy groups -OCH3 is 1. The van der Waals surface area contributed by atoms with Crippen molar-refractivity contribution in [1.29, 1.82) is 0 Å². The highest BCUT2D eigenvalue weighted by Crippen LogP contribution is 2.55. The summed E-state index contributed by atoms with van der Waals surface area (Å²) in [6.45, 7) is 7.93. The van der Waals surface area contributed by atoms with Crippen molar-refractivity contribution < 1.29 is 22.4 Å². The summed E-state index contributed by atoms with van der Waals surface area (Å²) >= 11 is 6.62. The fourth-order valence-corrected chi connectivity index (χ4v) is 7.58. The average Bonchev–Trinajstić information content (AvgIpc) is 3.92. The molecule has 0 bridgehead atoms. The molecule has 292 valence electrons. The monoisotopic (exact) mass is 795 g/mol. The summed E-state index contributed by atoms with van der Waals surface area (Å²) in [5.41, 5.74) is 2.28. The maximum Gasteiger partial charge on any atom is 0.416 e. The minimum Gasteiger partial charge on any atom is -0.496 e. The van der Waals surface area contributed by atoms with E-state index < -0.39 is 23.1 Å². The molecule has 1 fully saturated rings. The maximum absolute atomic E-state index is 14.2. The highest BCUT2D eigenvalue weighted by Gasteiger charge is 2.40. The Labute approximate surface area is 329 Å². The first-order valence-electron chi connectivity index (χ1n) is 18.3. The second kappa shape index (κ2) is 14.4. The molecule has 3 aromatic heterocycles. The fraction of sp³-hybridized carbons (Fsp3) is 0.262. The summed E-state index contributed by atoms with van der Waals surface area (Å²) in [4.78, 5) is 36.3. The molecule has 0 radical (unpaired) electrons. The van der Waals surface area contributed by atoms with E-state index in [4.69, 9.17) is 20.9 Å². The number of nitrogens with zero attached hydrogens (tertiary/aromatic N) is 5. The minimum atomic E-state index is -4.70. The summed E-state index contributed by atoms with van der Waals surface area (Å²) in [7, 11) is 1.29. The highest BCUT2D eigenvalue weighted by atomic mass is 35.5. The number of para-hydroxylation sites is 1. The zero-order chi connectivity index (χ0) is 40.3. The standard InChI is InChI=1S/C42H37ClF3N7O4/c1-21(2)20-47-39-36-34(17-26(42(44,45)46)18-35(36)56-5)52(40(54)50-39)27-10-8-9-24(15-27)29-19-30(29)25-13-14-28-33(16-25)53(32-12-7-6-11-31(32)43)41(55)49-38(28)48-37-22(3)51-57-23(37)4/h6-18,21,29-30H,19-20H2,1-5H3,(H,47,50,54)(H,48,49,55). The number of benzene rings is 4. The molecular weight excluding hydrogens is 759 g/mol. The molecule has 8 rings (SSSR count). The Morgan fingerprint density at radius 1 is 0.895 bits per heavy atom. The number of anilines is 3. The van der Waals surface area contributed by atoms with Gasteiger partial charge in [-0.25, -0.2) is 9.59 Å². The Balaban J connectivity index is 1.22. The molecule has 0 amide bonds. The number of halogens is 4. The largest absolute Gasteiger partial charge is 0.496 e. The summed E-state index contributed by atoms with van der Waals surface area (Å²) in [5, 5.41) is 11.7. The van der Waals surface area contributed by atoms with Gasteiger partial charge in [-0.2, -0.15) is 23.1 Å². The summed E-state index contributed by atoms with van der Waals surface area (Å²) in [6, 6.07) is 22.0. The molecule has 2 unspecified atom stereocenters.